The molecule has 0 fully saturated rings. The summed E-state index contributed by atoms with van der Waals surface area (Å²) < 4.78 is 0. The summed E-state index contributed by atoms with van der Waals surface area (Å²) >= 11 is 0. The first-order valence-electron chi connectivity index (χ1n) is 2.92. The van der Waals surface area contributed by atoms with E-state index >= 15 is 0 Å². The van der Waals surface area contributed by atoms with Crippen molar-refractivity contribution in [1.29, 1.82) is 0 Å². The predicted octanol–water partition coefficient (Wildman–Crippen LogP) is 2.47. The summed E-state index contributed by atoms with van der Waals surface area (Å²) in [5, 5.41) is 0. The Bertz CT molecular complexity index is 47.0. The Hall–Kier alpha value is 1.44. The van der Waals surface area contributed by atoms with Crippen LogP contribution in [-0.4, -0.2) is 39.0 Å². The van der Waals surface area contributed by atoms with Crippen molar-refractivity contribution in [3.05, 3.63) is 0 Å². The molecule has 0 unspecified atom stereocenters. The molecule has 0 aromatic rings. The summed E-state index contributed by atoms with van der Waals surface area (Å²) in [5.41, 5.74) is 0. The average Bonchev–Trinajstić information content (AvgIpc) is 1.61. The van der Waals surface area contributed by atoms with E-state index in [9.17, 15) is 0 Å². The van der Waals surface area contributed by atoms with Gasteiger partial charge in [-0.2, -0.15) is 0 Å². The molecule has 0 saturated carbocycles. The van der Waals surface area contributed by atoms with Crippen molar-refractivity contribution in [3.8, 4) is 0 Å². The fourth-order valence-electron chi connectivity index (χ4n) is 0.400. The molecule has 0 atom stereocenters. The second-order valence-electron chi connectivity index (χ2n) is 2.61. The second-order valence-corrected chi connectivity index (χ2v) is 7.82. The van der Waals surface area contributed by atoms with Crippen molar-refractivity contribution in [2.75, 3.05) is 39.0 Å². The SMILES string of the molecule is CP(C)CCP(C)C.[V]. The molecule has 0 aromatic heterocycles. The summed E-state index contributed by atoms with van der Waals surface area (Å²) in [4.78, 5) is 0. The van der Waals surface area contributed by atoms with E-state index in [1.54, 1.807) is 0 Å². The van der Waals surface area contributed by atoms with Crippen molar-refractivity contribution in [1.82, 2.24) is 0 Å². The van der Waals surface area contributed by atoms with E-state index in [4.69, 9.17) is 0 Å². The maximum atomic E-state index is 2.36. The van der Waals surface area contributed by atoms with Gasteiger partial charge in [0, 0.05) is 18.6 Å². The normalized spacial score (nSPS) is 10.0. The van der Waals surface area contributed by atoms with Crippen LogP contribution in [0.25, 0.3) is 0 Å². The summed E-state index contributed by atoms with van der Waals surface area (Å²) in [5.74, 6) is 0. The first-order valence-corrected chi connectivity index (χ1v) is 7.76. The Morgan fingerprint density at radius 2 is 1.00 bits per heavy atom. The van der Waals surface area contributed by atoms with E-state index in [-0.39, 0.29) is 18.6 Å². The Labute approximate surface area is 73.6 Å². The van der Waals surface area contributed by atoms with Crippen LogP contribution < -0.4 is 0 Å². The zero-order chi connectivity index (χ0) is 6.57. The van der Waals surface area contributed by atoms with Gasteiger partial charge in [0.15, 0.2) is 0 Å². The molecule has 0 amide bonds. The Morgan fingerprint density at radius 3 is 1.11 bits per heavy atom. The molecular formula is C6H16P2V. The van der Waals surface area contributed by atoms with E-state index in [1.807, 2.05) is 0 Å². The van der Waals surface area contributed by atoms with E-state index < -0.39 is 0 Å². The van der Waals surface area contributed by atoms with Gasteiger partial charge in [-0.15, -0.1) is 15.8 Å². The Kier molecular flexibility index (Phi) is 11.0. The van der Waals surface area contributed by atoms with Crippen molar-refractivity contribution >= 4 is 15.8 Å². The van der Waals surface area contributed by atoms with E-state index in [2.05, 4.69) is 26.7 Å². The Morgan fingerprint density at radius 1 is 0.778 bits per heavy atom. The van der Waals surface area contributed by atoms with Gasteiger partial charge in [-0.05, 0) is 39.0 Å². The molecule has 0 aliphatic rings. The van der Waals surface area contributed by atoms with Crippen molar-refractivity contribution in [2.45, 2.75) is 0 Å². The molecule has 0 heterocycles. The van der Waals surface area contributed by atoms with Gasteiger partial charge < -0.3 is 0 Å². The minimum Gasteiger partial charge on any atom is -0.113 e. The molecule has 0 spiro atoms. The number of hydrogen-bond acceptors (Lipinski definition) is 0. The molecule has 1 radical (unpaired) electrons. The van der Waals surface area contributed by atoms with Crippen LogP contribution in [0.4, 0.5) is 0 Å². The molecule has 0 aliphatic carbocycles. The van der Waals surface area contributed by atoms with Crippen LogP contribution in [0.5, 0.6) is 0 Å². The van der Waals surface area contributed by atoms with Crippen molar-refractivity contribution in [2.24, 2.45) is 0 Å². The summed E-state index contributed by atoms with van der Waals surface area (Å²) in [7, 11) is 0.766. The number of rotatable bonds is 3. The third-order valence-corrected chi connectivity index (χ3v) is 3.58. The van der Waals surface area contributed by atoms with Gasteiger partial charge in [0.1, 0.15) is 0 Å². The molecule has 0 bridgehead atoms. The first-order chi connectivity index (χ1) is 3.63. The molecule has 9 heavy (non-hydrogen) atoms. The second kappa shape index (κ2) is 7.55. The van der Waals surface area contributed by atoms with E-state index in [0.29, 0.717) is 15.8 Å². The van der Waals surface area contributed by atoms with Gasteiger partial charge >= 0.3 is 0 Å². The fraction of sp³-hybridized carbons (Fsp3) is 1.00. The van der Waals surface area contributed by atoms with Crippen molar-refractivity contribution in [3.63, 3.8) is 0 Å². The van der Waals surface area contributed by atoms with Gasteiger partial charge in [-0.3, -0.25) is 0 Å². The molecule has 0 aliphatic heterocycles. The zero-order valence-corrected chi connectivity index (χ0v) is 9.94. The minimum atomic E-state index is 0. The third-order valence-electron chi connectivity index (χ3n) is 0.994. The van der Waals surface area contributed by atoms with Gasteiger partial charge in [0.05, 0.1) is 0 Å². The predicted molar refractivity (Wildman–Crippen MR) is 47.3 cm³/mol. The topological polar surface area (TPSA) is 0 Å². The molecule has 0 N–H and O–H groups in total. The quantitative estimate of drug-likeness (QED) is 0.615. The summed E-state index contributed by atoms with van der Waals surface area (Å²) in [6.45, 7) is 9.42. The fourth-order valence-corrected chi connectivity index (χ4v) is 3.60. The van der Waals surface area contributed by atoms with Gasteiger partial charge in [0.2, 0.25) is 0 Å². The molecule has 55 valence electrons. The first kappa shape index (κ1) is 13.1. The average molecular weight is 201 g/mol. The Balaban J connectivity index is 0. The largest absolute Gasteiger partial charge is 0.113 e. The zero-order valence-electron chi connectivity index (χ0n) is 6.76. The summed E-state index contributed by atoms with van der Waals surface area (Å²) in [6.07, 6.45) is 2.96. The van der Waals surface area contributed by atoms with E-state index in [1.165, 1.54) is 12.3 Å². The molecule has 0 nitrogen and oxygen atoms in total. The van der Waals surface area contributed by atoms with Crippen LogP contribution in [0.2, 0.25) is 0 Å². The molecule has 3 heteroatoms. The molecule has 0 saturated heterocycles. The van der Waals surface area contributed by atoms with Crippen LogP contribution in [0.15, 0.2) is 0 Å². The van der Waals surface area contributed by atoms with Crippen LogP contribution in [-0.2, 0) is 18.6 Å². The molecular weight excluding hydrogens is 185 g/mol. The van der Waals surface area contributed by atoms with Crippen LogP contribution >= 0.6 is 15.8 Å². The van der Waals surface area contributed by atoms with Crippen LogP contribution in [0.1, 0.15) is 0 Å². The standard InChI is InChI=1S/C6H16P2.V/c1-7(2)5-6-8(3)4;/h5-6H2,1-4H3;. The third kappa shape index (κ3) is 12.6. The minimum absolute atomic E-state index is 0. The number of hydrogen-bond donors (Lipinski definition) is 0. The monoisotopic (exact) mass is 201 g/mol. The van der Waals surface area contributed by atoms with Crippen molar-refractivity contribution < 1.29 is 18.6 Å². The van der Waals surface area contributed by atoms with E-state index in [0.717, 1.165) is 0 Å². The maximum absolute atomic E-state index is 2.36. The van der Waals surface area contributed by atoms with Gasteiger partial charge in [-0.1, -0.05) is 0 Å². The summed E-state index contributed by atoms with van der Waals surface area (Å²) in [6, 6.07) is 0. The molecule has 0 rings (SSSR count). The maximum Gasteiger partial charge on any atom is 0 e. The van der Waals surface area contributed by atoms with Gasteiger partial charge in [0.25, 0.3) is 0 Å². The van der Waals surface area contributed by atoms with Crippen LogP contribution in [0.3, 0.4) is 0 Å². The smallest absolute Gasteiger partial charge is 0 e. The van der Waals surface area contributed by atoms with Crippen LogP contribution in [0, 0.1) is 0 Å². The molecule has 0 aromatic carbocycles. The van der Waals surface area contributed by atoms with Gasteiger partial charge in [-0.25, -0.2) is 0 Å².